The van der Waals surface area contributed by atoms with E-state index in [-0.39, 0.29) is 16.9 Å². The Morgan fingerprint density at radius 3 is 2.67 bits per heavy atom. The summed E-state index contributed by atoms with van der Waals surface area (Å²) in [6.45, 7) is 6.53. The fourth-order valence-corrected chi connectivity index (χ4v) is 1.89. The first kappa shape index (κ1) is 14.6. The first-order chi connectivity index (χ1) is 8.35. The Labute approximate surface area is 107 Å². The number of aromatic carboxylic acids is 1. The van der Waals surface area contributed by atoms with Crippen molar-refractivity contribution in [3.8, 4) is 0 Å². The minimum Gasteiger partial charge on any atom is -0.478 e. The van der Waals surface area contributed by atoms with Crippen LogP contribution >= 0.6 is 0 Å². The minimum atomic E-state index is -1.04. The molecule has 0 aromatic heterocycles. The van der Waals surface area contributed by atoms with Crippen LogP contribution in [-0.4, -0.2) is 16.6 Å². The molecule has 1 aromatic rings. The van der Waals surface area contributed by atoms with E-state index in [2.05, 4.69) is 26.1 Å². The second kappa shape index (κ2) is 5.96. The maximum Gasteiger partial charge on any atom is 0.335 e. The topological polar surface area (TPSA) is 49.3 Å². The van der Waals surface area contributed by atoms with Gasteiger partial charge in [0.25, 0.3) is 0 Å². The van der Waals surface area contributed by atoms with E-state index in [0.29, 0.717) is 12.1 Å². The third-order valence-corrected chi connectivity index (χ3v) is 2.93. The van der Waals surface area contributed by atoms with Crippen molar-refractivity contribution < 1.29 is 14.3 Å². The fraction of sp³-hybridized carbons (Fsp3) is 0.500. The Kier molecular flexibility index (Phi) is 4.84. The van der Waals surface area contributed by atoms with Crippen molar-refractivity contribution in [2.75, 3.05) is 0 Å². The zero-order valence-electron chi connectivity index (χ0n) is 11.1. The van der Waals surface area contributed by atoms with Gasteiger partial charge in [0.2, 0.25) is 0 Å². The van der Waals surface area contributed by atoms with E-state index in [0.717, 1.165) is 12.8 Å². The van der Waals surface area contributed by atoms with Crippen molar-refractivity contribution >= 4 is 5.97 Å². The lowest BCUT2D eigenvalue weighted by molar-refractivity contribution is 0.0696. The summed E-state index contributed by atoms with van der Waals surface area (Å²) in [6, 6.07) is 3.86. The third kappa shape index (κ3) is 4.11. The van der Waals surface area contributed by atoms with Gasteiger partial charge in [-0.3, -0.25) is 0 Å². The Bertz CT molecular complexity index is 430. The first-order valence-electron chi connectivity index (χ1n) is 6.12. The van der Waals surface area contributed by atoms with Gasteiger partial charge in [0, 0.05) is 17.6 Å². The number of benzene rings is 1. The van der Waals surface area contributed by atoms with Crippen molar-refractivity contribution in [2.45, 2.75) is 45.7 Å². The summed E-state index contributed by atoms with van der Waals surface area (Å²) in [5.74, 6) is -1.41. The van der Waals surface area contributed by atoms with Crippen LogP contribution in [0.15, 0.2) is 18.2 Å². The molecule has 18 heavy (non-hydrogen) atoms. The van der Waals surface area contributed by atoms with Crippen LogP contribution in [0, 0.1) is 5.82 Å². The Morgan fingerprint density at radius 1 is 1.44 bits per heavy atom. The summed E-state index contributed by atoms with van der Waals surface area (Å²) in [5.41, 5.74) is 0.418. The van der Waals surface area contributed by atoms with Gasteiger partial charge in [-0.15, -0.1) is 0 Å². The number of rotatable bonds is 6. The molecule has 4 heteroatoms. The molecule has 3 nitrogen and oxygen atoms in total. The number of hydrogen-bond donors (Lipinski definition) is 2. The molecule has 0 radical (unpaired) electrons. The van der Waals surface area contributed by atoms with E-state index in [1.54, 1.807) is 0 Å². The number of halogens is 1. The maximum absolute atomic E-state index is 13.6. The van der Waals surface area contributed by atoms with E-state index in [9.17, 15) is 9.18 Å². The molecule has 0 aliphatic heterocycles. The smallest absolute Gasteiger partial charge is 0.335 e. The van der Waals surface area contributed by atoms with Crippen molar-refractivity contribution in [3.05, 3.63) is 35.1 Å². The van der Waals surface area contributed by atoms with Crippen LogP contribution in [0.25, 0.3) is 0 Å². The molecular weight excluding hydrogens is 233 g/mol. The van der Waals surface area contributed by atoms with Crippen molar-refractivity contribution in [1.29, 1.82) is 0 Å². The fourth-order valence-electron chi connectivity index (χ4n) is 1.89. The lowest BCUT2D eigenvalue weighted by Crippen LogP contribution is -2.38. The first-order valence-corrected chi connectivity index (χ1v) is 6.12. The molecule has 0 unspecified atom stereocenters. The largest absolute Gasteiger partial charge is 0.478 e. The SMILES string of the molecule is CCCC(C)(C)NCc1cc(C(=O)O)ccc1F. The van der Waals surface area contributed by atoms with Gasteiger partial charge in [0.15, 0.2) is 0 Å². The van der Waals surface area contributed by atoms with E-state index in [4.69, 9.17) is 5.11 Å². The van der Waals surface area contributed by atoms with Crippen LogP contribution in [0.1, 0.15) is 49.5 Å². The standard InChI is InChI=1S/C14H20FNO2/c1-4-7-14(2,3)16-9-11-8-10(13(17)18)5-6-12(11)15/h5-6,8,16H,4,7,9H2,1-3H3,(H,17,18). The van der Waals surface area contributed by atoms with Crippen molar-refractivity contribution in [2.24, 2.45) is 0 Å². The molecule has 0 bridgehead atoms. The molecule has 0 saturated heterocycles. The molecule has 100 valence electrons. The monoisotopic (exact) mass is 253 g/mol. The lowest BCUT2D eigenvalue weighted by atomic mass is 9.98. The van der Waals surface area contributed by atoms with Crippen LogP contribution in [0.2, 0.25) is 0 Å². The Morgan fingerprint density at radius 2 is 2.11 bits per heavy atom. The van der Waals surface area contributed by atoms with E-state index in [1.165, 1.54) is 18.2 Å². The highest BCUT2D eigenvalue weighted by Crippen LogP contribution is 2.15. The molecule has 0 atom stereocenters. The van der Waals surface area contributed by atoms with Crippen LogP contribution < -0.4 is 5.32 Å². The van der Waals surface area contributed by atoms with Gasteiger partial charge in [0.05, 0.1) is 5.56 Å². The molecule has 0 saturated carbocycles. The number of carboxylic acid groups (broad SMARTS) is 1. The van der Waals surface area contributed by atoms with Gasteiger partial charge < -0.3 is 10.4 Å². The highest BCUT2D eigenvalue weighted by Gasteiger charge is 2.16. The summed E-state index contributed by atoms with van der Waals surface area (Å²) >= 11 is 0. The lowest BCUT2D eigenvalue weighted by Gasteiger charge is -2.26. The average Bonchev–Trinajstić information content (AvgIpc) is 2.27. The van der Waals surface area contributed by atoms with Crippen LogP contribution in [0.5, 0.6) is 0 Å². The second-order valence-corrected chi connectivity index (χ2v) is 5.10. The van der Waals surface area contributed by atoms with Gasteiger partial charge in [0.1, 0.15) is 5.82 Å². The average molecular weight is 253 g/mol. The quantitative estimate of drug-likeness (QED) is 0.818. The predicted octanol–water partition coefficient (Wildman–Crippen LogP) is 3.19. The van der Waals surface area contributed by atoms with Crippen LogP contribution in [0.3, 0.4) is 0 Å². The molecule has 2 N–H and O–H groups in total. The van der Waals surface area contributed by atoms with Crippen LogP contribution in [0.4, 0.5) is 4.39 Å². The maximum atomic E-state index is 13.6. The number of carboxylic acids is 1. The van der Waals surface area contributed by atoms with Crippen LogP contribution in [-0.2, 0) is 6.54 Å². The summed E-state index contributed by atoms with van der Waals surface area (Å²) in [7, 11) is 0. The summed E-state index contributed by atoms with van der Waals surface area (Å²) < 4.78 is 13.6. The number of hydrogen-bond acceptors (Lipinski definition) is 2. The minimum absolute atomic E-state index is 0.0829. The highest BCUT2D eigenvalue weighted by atomic mass is 19.1. The van der Waals surface area contributed by atoms with Crippen molar-refractivity contribution in [1.82, 2.24) is 5.32 Å². The highest BCUT2D eigenvalue weighted by molar-refractivity contribution is 5.87. The summed E-state index contributed by atoms with van der Waals surface area (Å²) in [4.78, 5) is 10.8. The molecule has 0 fully saturated rings. The third-order valence-electron chi connectivity index (χ3n) is 2.93. The molecule has 1 aromatic carbocycles. The van der Waals surface area contributed by atoms with Gasteiger partial charge >= 0.3 is 5.97 Å². The van der Waals surface area contributed by atoms with E-state index in [1.807, 2.05) is 0 Å². The zero-order valence-corrected chi connectivity index (χ0v) is 11.1. The normalized spacial score (nSPS) is 11.6. The van der Waals surface area contributed by atoms with Gasteiger partial charge in [-0.05, 0) is 38.5 Å². The molecule has 0 spiro atoms. The molecule has 0 aliphatic carbocycles. The predicted molar refractivity (Wildman–Crippen MR) is 69.2 cm³/mol. The van der Waals surface area contributed by atoms with E-state index < -0.39 is 5.97 Å². The number of nitrogens with one attached hydrogen (secondary N) is 1. The zero-order chi connectivity index (χ0) is 13.8. The van der Waals surface area contributed by atoms with Gasteiger partial charge in [-0.2, -0.15) is 0 Å². The Balaban J connectivity index is 2.78. The molecule has 0 aliphatic rings. The van der Waals surface area contributed by atoms with E-state index >= 15 is 0 Å². The molecule has 0 amide bonds. The van der Waals surface area contributed by atoms with Gasteiger partial charge in [-0.1, -0.05) is 13.3 Å². The van der Waals surface area contributed by atoms with Gasteiger partial charge in [-0.25, -0.2) is 9.18 Å². The second-order valence-electron chi connectivity index (χ2n) is 5.10. The Hall–Kier alpha value is -1.42. The molecule has 1 rings (SSSR count). The number of carbonyl (C=O) groups is 1. The summed E-state index contributed by atoms with van der Waals surface area (Å²) in [5, 5.41) is 12.1. The summed E-state index contributed by atoms with van der Waals surface area (Å²) in [6.07, 6.45) is 2.02. The molecular formula is C14H20FNO2. The van der Waals surface area contributed by atoms with Crippen molar-refractivity contribution in [3.63, 3.8) is 0 Å². The molecule has 0 heterocycles.